The van der Waals surface area contributed by atoms with Crippen LogP contribution in [0.3, 0.4) is 0 Å². The van der Waals surface area contributed by atoms with Gasteiger partial charge in [-0.25, -0.2) is 0 Å². The van der Waals surface area contributed by atoms with Gasteiger partial charge in [-0.05, 0) is 5.92 Å². The van der Waals surface area contributed by atoms with Crippen LogP contribution in [0.25, 0.3) is 0 Å². The van der Waals surface area contributed by atoms with Gasteiger partial charge in [0.2, 0.25) is 6.41 Å². The molecule has 0 radical (unpaired) electrons. The highest BCUT2D eigenvalue weighted by Gasteiger charge is 2.20. The quantitative estimate of drug-likeness (QED) is 0.584. The Bertz CT molecular complexity index is 166. The number of carboxylic acid groups (broad SMARTS) is 1. The summed E-state index contributed by atoms with van der Waals surface area (Å²) >= 11 is 0. The highest BCUT2D eigenvalue weighted by molar-refractivity contribution is 5.68. The predicted octanol–water partition coefficient (Wildman–Crippen LogP) is 1.01. The average molecular weight is 187 g/mol. The SMILES string of the molecule is CCC(CC)[C@H](CC(=O)O)NC=O. The lowest BCUT2D eigenvalue weighted by Crippen LogP contribution is -2.36. The molecule has 4 nitrogen and oxygen atoms in total. The molecule has 76 valence electrons. The van der Waals surface area contributed by atoms with Gasteiger partial charge in [-0.3, -0.25) is 9.59 Å². The minimum atomic E-state index is -0.869. The predicted molar refractivity (Wildman–Crippen MR) is 49.3 cm³/mol. The summed E-state index contributed by atoms with van der Waals surface area (Å²) in [6.07, 6.45) is 2.35. The Morgan fingerprint density at radius 1 is 1.46 bits per heavy atom. The van der Waals surface area contributed by atoms with Crippen molar-refractivity contribution in [3.8, 4) is 0 Å². The molecule has 1 amide bonds. The maximum absolute atomic E-state index is 10.5. The molecule has 0 aromatic carbocycles. The van der Waals surface area contributed by atoms with Crippen molar-refractivity contribution in [1.82, 2.24) is 5.32 Å². The van der Waals surface area contributed by atoms with E-state index in [4.69, 9.17) is 5.11 Å². The van der Waals surface area contributed by atoms with Crippen molar-refractivity contribution >= 4 is 12.4 Å². The Morgan fingerprint density at radius 2 is 2.00 bits per heavy atom. The Labute approximate surface area is 78.3 Å². The summed E-state index contributed by atoms with van der Waals surface area (Å²) in [6, 6.07) is -0.231. The third-order valence-corrected chi connectivity index (χ3v) is 2.29. The van der Waals surface area contributed by atoms with E-state index in [1.807, 2.05) is 13.8 Å². The lowest BCUT2D eigenvalue weighted by Gasteiger charge is -2.22. The summed E-state index contributed by atoms with van der Waals surface area (Å²) in [4.78, 5) is 20.7. The number of nitrogens with one attached hydrogen (secondary N) is 1. The number of aliphatic carboxylic acids is 1. The van der Waals surface area contributed by atoms with E-state index in [0.717, 1.165) is 12.8 Å². The lowest BCUT2D eigenvalue weighted by molar-refractivity contribution is -0.138. The molecule has 0 fully saturated rings. The van der Waals surface area contributed by atoms with Crippen LogP contribution in [0.4, 0.5) is 0 Å². The van der Waals surface area contributed by atoms with Crippen molar-refractivity contribution in [2.75, 3.05) is 0 Å². The fourth-order valence-electron chi connectivity index (χ4n) is 1.49. The van der Waals surface area contributed by atoms with E-state index in [1.165, 1.54) is 0 Å². The highest BCUT2D eigenvalue weighted by Crippen LogP contribution is 2.15. The van der Waals surface area contributed by atoms with E-state index >= 15 is 0 Å². The maximum Gasteiger partial charge on any atom is 0.305 e. The first-order valence-corrected chi connectivity index (χ1v) is 4.57. The molecule has 0 aliphatic carbocycles. The van der Waals surface area contributed by atoms with Crippen molar-refractivity contribution in [3.05, 3.63) is 0 Å². The highest BCUT2D eigenvalue weighted by atomic mass is 16.4. The minimum Gasteiger partial charge on any atom is -0.481 e. The van der Waals surface area contributed by atoms with Crippen LogP contribution in [-0.2, 0) is 9.59 Å². The molecule has 0 aromatic rings. The number of hydrogen-bond donors (Lipinski definition) is 2. The van der Waals surface area contributed by atoms with Crippen LogP contribution in [0, 0.1) is 5.92 Å². The molecule has 0 heterocycles. The summed E-state index contributed by atoms with van der Waals surface area (Å²) < 4.78 is 0. The van der Waals surface area contributed by atoms with Gasteiger partial charge in [0.05, 0.1) is 6.42 Å². The van der Waals surface area contributed by atoms with Gasteiger partial charge < -0.3 is 10.4 Å². The summed E-state index contributed by atoms with van der Waals surface area (Å²) in [5.74, 6) is -0.618. The zero-order valence-electron chi connectivity index (χ0n) is 8.12. The van der Waals surface area contributed by atoms with Gasteiger partial charge in [-0.1, -0.05) is 26.7 Å². The molecule has 0 unspecified atom stereocenters. The molecule has 0 aromatic heterocycles. The van der Waals surface area contributed by atoms with Crippen molar-refractivity contribution in [2.24, 2.45) is 5.92 Å². The fraction of sp³-hybridized carbons (Fsp3) is 0.778. The van der Waals surface area contributed by atoms with E-state index in [9.17, 15) is 9.59 Å². The van der Waals surface area contributed by atoms with Crippen LogP contribution < -0.4 is 5.32 Å². The van der Waals surface area contributed by atoms with Crippen LogP contribution in [0.15, 0.2) is 0 Å². The van der Waals surface area contributed by atoms with Crippen LogP contribution >= 0.6 is 0 Å². The average Bonchev–Trinajstić information content (AvgIpc) is 2.05. The van der Waals surface area contributed by atoms with E-state index in [-0.39, 0.29) is 18.4 Å². The Morgan fingerprint density at radius 3 is 2.31 bits per heavy atom. The van der Waals surface area contributed by atoms with Gasteiger partial charge in [0.25, 0.3) is 0 Å². The Balaban J connectivity index is 4.18. The van der Waals surface area contributed by atoms with Gasteiger partial charge >= 0.3 is 5.97 Å². The van der Waals surface area contributed by atoms with Crippen LogP contribution in [0.1, 0.15) is 33.1 Å². The number of carbonyl (C=O) groups excluding carboxylic acids is 1. The first-order valence-electron chi connectivity index (χ1n) is 4.57. The van der Waals surface area contributed by atoms with Crippen molar-refractivity contribution < 1.29 is 14.7 Å². The molecule has 0 saturated heterocycles. The molecule has 1 atom stereocenters. The van der Waals surface area contributed by atoms with Crippen molar-refractivity contribution in [1.29, 1.82) is 0 Å². The molecule has 4 heteroatoms. The van der Waals surface area contributed by atoms with Crippen LogP contribution in [-0.4, -0.2) is 23.5 Å². The molecule has 0 rings (SSSR count). The summed E-state index contributed by atoms with van der Waals surface area (Å²) in [5.41, 5.74) is 0. The third-order valence-electron chi connectivity index (χ3n) is 2.29. The number of amides is 1. The molecule has 0 spiro atoms. The third kappa shape index (κ3) is 4.50. The second-order valence-electron chi connectivity index (χ2n) is 3.07. The summed E-state index contributed by atoms with van der Waals surface area (Å²) in [6.45, 7) is 3.99. The molecule has 0 aliphatic rings. The van der Waals surface area contributed by atoms with Gasteiger partial charge in [0.1, 0.15) is 0 Å². The van der Waals surface area contributed by atoms with Crippen molar-refractivity contribution in [2.45, 2.75) is 39.2 Å². The van der Waals surface area contributed by atoms with Crippen LogP contribution in [0.2, 0.25) is 0 Å². The lowest BCUT2D eigenvalue weighted by atomic mass is 9.92. The number of hydrogen-bond acceptors (Lipinski definition) is 2. The maximum atomic E-state index is 10.5. The molecule has 0 bridgehead atoms. The monoisotopic (exact) mass is 187 g/mol. The minimum absolute atomic E-state index is 0.00505. The largest absolute Gasteiger partial charge is 0.481 e. The normalized spacial score (nSPS) is 12.5. The first kappa shape index (κ1) is 11.9. The number of carbonyl (C=O) groups is 2. The second-order valence-corrected chi connectivity index (χ2v) is 3.07. The first-order chi connectivity index (χ1) is 6.15. The topological polar surface area (TPSA) is 66.4 Å². The van der Waals surface area contributed by atoms with Crippen molar-refractivity contribution in [3.63, 3.8) is 0 Å². The molecular formula is C9H17NO3. The van der Waals surface area contributed by atoms with Gasteiger partial charge in [0, 0.05) is 6.04 Å². The fourth-order valence-corrected chi connectivity index (χ4v) is 1.49. The molecular weight excluding hydrogens is 170 g/mol. The van der Waals surface area contributed by atoms with E-state index in [0.29, 0.717) is 6.41 Å². The zero-order valence-corrected chi connectivity index (χ0v) is 8.12. The summed E-state index contributed by atoms with van der Waals surface area (Å²) in [7, 11) is 0. The van der Waals surface area contributed by atoms with E-state index in [2.05, 4.69) is 5.32 Å². The molecule has 13 heavy (non-hydrogen) atoms. The molecule has 0 saturated carbocycles. The number of carboxylic acids is 1. The van der Waals surface area contributed by atoms with Gasteiger partial charge in [-0.15, -0.1) is 0 Å². The van der Waals surface area contributed by atoms with E-state index < -0.39 is 5.97 Å². The van der Waals surface area contributed by atoms with Crippen LogP contribution in [0.5, 0.6) is 0 Å². The number of rotatable bonds is 7. The summed E-state index contributed by atoms with van der Waals surface area (Å²) in [5, 5.41) is 11.1. The Kier molecular flexibility index (Phi) is 5.93. The zero-order chi connectivity index (χ0) is 10.3. The Hall–Kier alpha value is -1.06. The smallest absolute Gasteiger partial charge is 0.305 e. The molecule has 0 aliphatic heterocycles. The standard InChI is InChI=1S/C9H17NO3/c1-3-7(4-2)8(10-6-11)5-9(12)13/h6-8H,3-5H2,1-2H3,(H,10,11)(H,12,13)/t8-/m0/s1. The van der Waals surface area contributed by atoms with Gasteiger partial charge in [-0.2, -0.15) is 0 Å². The second kappa shape index (κ2) is 6.46. The van der Waals surface area contributed by atoms with Gasteiger partial charge in [0.15, 0.2) is 0 Å². The van der Waals surface area contributed by atoms with E-state index in [1.54, 1.807) is 0 Å². The molecule has 2 N–H and O–H groups in total.